The molecule has 0 saturated heterocycles. The van der Waals surface area contributed by atoms with Crippen LogP contribution in [0.5, 0.6) is 5.75 Å². The van der Waals surface area contributed by atoms with Gasteiger partial charge in [-0.1, -0.05) is 41.9 Å². The second kappa shape index (κ2) is 10.1. The molecule has 6 heteroatoms. The highest BCUT2D eigenvalue weighted by molar-refractivity contribution is 7.80. The minimum Gasteiger partial charge on any atom is -0.492 e. The second-order valence-corrected chi connectivity index (χ2v) is 7.03. The minimum atomic E-state index is 0.593. The van der Waals surface area contributed by atoms with Gasteiger partial charge >= 0.3 is 0 Å². The molecule has 0 aliphatic rings. The van der Waals surface area contributed by atoms with Crippen molar-refractivity contribution in [2.24, 2.45) is 0 Å². The number of hydrogen-bond acceptors (Lipinski definition) is 3. The summed E-state index contributed by atoms with van der Waals surface area (Å²) in [6, 6.07) is 19.6. The van der Waals surface area contributed by atoms with Gasteiger partial charge in [0.15, 0.2) is 5.11 Å². The van der Waals surface area contributed by atoms with Crippen molar-refractivity contribution in [3.05, 3.63) is 89.2 Å². The van der Waals surface area contributed by atoms with Crippen molar-refractivity contribution in [2.75, 3.05) is 11.9 Å². The van der Waals surface area contributed by atoms with Crippen LogP contribution in [0.25, 0.3) is 0 Å². The maximum Gasteiger partial charge on any atom is 0.174 e. The van der Waals surface area contributed by atoms with Gasteiger partial charge in [0.25, 0.3) is 0 Å². The van der Waals surface area contributed by atoms with E-state index in [1.54, 1.807) is 6.20 Å². The van der Waals surface area contributed by atoms with Crippen molar-refractivity contribution in [3.8, 4) is 5.75 Å². The average molecular weight is 412 g/mol. The number of para-hydroxylation sites is 2. The summed E-state index contributed by atoms with van der Waals surface area (Å²) in [5.41, 5.74) is 3.05. The standard InChI is InChI=1S/C22H22ClN3OS/c1-2-27-21-8-4-3-7-20(21)25-22(28)26(16-18-6-5-13-24-14-18)15-17-9-11-19(23)12-10-17/h3-14H,2,15-16H2,1H3,(H,25,28). The maximum atomic E-state index is 6.02. The minimum absolute atomic E-state index is 0.593. The van der Waals surface area contributed by atoms with E-state index in [9.17, 15) is 0 Å². The number of hydrogen-bond donors (Lipinski definition) is 1. The van der Waals surface area contributed by atoms with E-state index in [4.69, 9.17) is 28.6 Å². The van der Waals surface area contributed by atoms with E-state index in [-0.39, 0.29) is 0 Å². The lowest BCUT2D eigenvalue weighted by Crippen LogP contribution is -2.34. The molecule has 0 fully saturated rings. The Bertz CT molecular complexity index is 903. The number of benzene rings is 2. The summed E-state index contributed by atoms with van der Waals surface area (Å²) in [5, 5.41) is 4.67. The third kappa shape index (κ3) is 5.68. The fourth-order valence-electron chi connectivity index (χ4n) is 2.77. The van der Waals surface area contributed by atoms with Crippen LogP contribution in [-0.2, 0) is 13.1 Å². The molecule has 3 aromatic rings. The Balaban J connectivity index is 1.80. The predicted molar refractivity (Wildman–Crippen MR) is 119 cm³/mol. The van der Waals surface area contributed by atoms with Gasteiger partial charge in [-0.2, -0.15) is 0 Å². The molecule has 0 unspecified atom stereocenters. The molecule has 1 aromatic heterocycles. The van der Waals surface area contributed by atoms with E-state index in [1.807, 2.05) is 73.8 Å². The van der Waals surface area contributed by atoms with Crippen LogP contribution in [0.2, 0.25) is 5.02 Å². The van der Waals surface area contributed by atoms with Crippen molar-refractivity contribution >= 4 is 34.6 Å². The largest absolute Gasteiger partial charge is 0.492 e. The summed E-state index contributed by atoms with van der Waals surface area (Å²) in [6.45, 7) is 3.84. The molecule has 1 heterocycles. The van der Waals surface area contributed by atoms with E-state index < -0.39 is 0 Å². The molecule has 1 N–H and O–H groups in total. The molecule has 0 radical (unpaired) electrons. The molecule has 3 rings (SSSR count). The fourth-order valence-corrected chi connectivity index (χ4v) is 3.13. The monoisotopic (exact) mass is 411 g/mol. The lowest BCUT2D eigenvalue weighted by molar-refractivity contribution is 0.342. The molecular weight excluding hydrogens is 390 g/mol. The highest BCUT2D eigenvalue weighted by Gasteiger charge is 2.14. The number of pyridine rings is 1. The summed E-state index contributed by atoms with van der Waals surface area (Å²) < 4.78 is 5.70. The molecule has 0 bridgehead atoms. The van der Waals surface area contributed by atoms with Crippen LogP contribution in [0.15, 0.2) is 73.1 Å². The molecule has 0 aliphatic carbocycles. The fraction of sp³-hybridized carbons (Fsp3) is 0.182. The van der Waals surface area contributed by atoms with Crippen LogP contribution < -0.4 is 10.1 Å². The van der Waals surface area contributed by atoms with Crippen LogP contribution in [0, 0.1) is 0 Å². The molecule has 2 aromatic carbocycles. The zero-order valence-corrected chi connectivity index (χ0v) is 17.2. The Morgan fingerprint density at radius 1 is 1.04 bits per heavy atom. The van der Waals surface area contributed by atoms with E-state index in [1.165, 1.54) is 0 Å². The molecule has 0 aliphatic heterocycles. The molecule has 4 nitrogen and oxygen atoms in total. The van der Waals surface area contributed by atoms with Gasteiger partial charge in [0.2, 0.25) is 0 Å². The van der Waals surface area contributed by atoms with Crippen LogP contribution in [0.3, 0.4) is 0 Å². The third-order valence-corrected chi connectivity index (χ3v) is 4.71. The van der Waals surface area contributed by atoms with Gasteiger partial charge in [-0.05, 0) is 60.6 Å². The Kier molecular flexibility index (Phi) is 7.23. The summed E-state index contributed by atoms with van der Waals surface area (Å²) in [7, 11) is 0. The lowest BCUT2D eigenvalue weighted by atomic mass is 10.2. The van der Waals surface area contributed by atoms with Gasteiger partial charge < -0.3 is 15.0 Å². The quantitative estimate of drug-likeness (QED) is 0.517. The topological polar surface area (TPSA) is 37.4 Å². The van der Waals surface area contributed by atoms with E-state index in [0.717, 1.165) is 22.6 Å². The lowest BCUT2D eigenvalue weighted by Gasteiger charge is -2.26. The van der Waals surface area contributed by atoms with Crippen LogP contribution in [-0.4, -0.2) is 21.6 Å². The first kappa shape index (κ1) is 20.1. The molecule has 0 saturated carbocycles. The Morgan fingerprint density at radius 2 is 1.79 bits per heavy atom. The van der Waals surface area contributed by atoms with Crippen molar-refractivity contribution in [1.29, 1.82) is 0 Å². The van der Waals surface area contributed by atoms with Crippen LogP contribution >= 0.6 is 23.8 Å². The van der Waals surface area contributed by atoms with Gasteiger partial charge in [0.1, 0.15) is 5.75 Å². The van der Waals surface area contributed by atoms with Gasteiger partial charge in [0, 0.05) is 30.5 Å². The first-order valence-electron chi connectivity index (χ1n) is 9.07. The van der Waals surface area contributed by atoms with E-state index in [0.29, 0.717) is 29.8 Å². The Labute approximate surface area is 176 Å². The number of nitrogens with one attached hydrogen (secondary N) is 1. The SMILES string of the molecule is CCOc1ccccc1NC(=S)N(Cc1ccc(Cl)cc1)Cc1cccnc1. The summed E-state index contributed by atoms with van der Waals surface area (Å²) >= 11 is 11.8. The molecule has 0 spiro atoms. The molecular formula is C22H22ClN3OS. The highest BCUT2D eigenvalue weighted by Crippen LogP contribution is 2.24. The molecule has 28 heavy (non-hydrogen) atoms. The number of thiocarbonyl (C=S) groups is 1. The molecule has 0 atom stereocenters. The zero-order chi connectivity index (χ0) is 19.8. The predicted octanol–water partition coefficient (Wildman–Crippen LogP) is 5.53. The first-order valence-corrected chi connectivity index (χ1v) is 9.85. The summed E-state index contributed by atoms with van der Waals surface area (Å²) in [6.07, 6.45) is 3.62. The summed E-state index contributed by atoms with van der Waals surface area (Å²) in [5.74, 6) is 0.778. The van der Waals surface area contributed by atoms with Crippen molar-refractivity contribution in [3.63, 3.8) is 0 Å². The smallest absolute Gasteiger partial charge is 0.174 e. The number of aromatic nitrogens is 1. The second-order valence-electron chi connectivity index (χ2n) is 6.20. The van der Waals surface area contributed by atoms with E-state index in [2.05, 4.69) is 15.2 Å². The normalized spacial score (nSPS) is 10.4. The Morgan fingerprint density at radius 3 is 2.50 bits per heavy atom. The average Bonchev–Trinajstić information content (AvgIpc) is 2.71. The number of nitrogens with zero attached hydrogens (tertiary/aromatic N) is 2. The van der Waals surface area contributed by atoms with Crippen LogP contribution in [0.1, 0.15) is 18.1 Å². The first-order chi connectivity index (χ1) is 13.7. The summed E-state index contributed by atoms with van der Waals surface area (Å²) in [4.78, 5) is 6.31. The van der Waals surface area contributed by atoms with Gasteiger partial charge in [-0.25, -0.2) is 0 Å². The van der Waals surface area contributed by atoms with Crippen LogP contribution in [0.4, 0.5) is 5.69 Å². The van der Waals surface area contributed by atoms with E-state index >= 15 is 0 Å². The number of ether oxygens (including phenoxy) is 1. The van der Waals surface area contributed by atoms with Gasteiger partial charge in [0.05, 0.1) is 12.3 Å². The Hall–Kier alpha value is -2.63. The molecule has 144 valence electrons. The van der Waals surface area contributed by atoms with Crippen molar-refractivity contribution < 1.29 is 4.74 Å². The third-order valence-electron chi connectivity index (χ3n) is 4.10. The zero-order valence-electron chi connectivity index (χ0n) is 15.6. The van der Waals surface area contributed by atoms with Gasteiger partial charge in [-0.3, -0.25) is 4.98 Å². The maximum absolute atomic E-state index is 6.02. The number of rotatable bonds is 7. The highest BCUT2D eigenvalue weighted by atomic mass is 35.5. The molecule has 0 amide bonds. The number of halogens is 1. The van der Waals surface area contributed by atoms with Crippen molar-refractivity contribution in [2.45, 2.75) is 20.0 Å². The van der Waals surface area contributed by atoms with Crippen molar-refractivity contribution in [1.82, 2.24) is 9.88 Å². The van der Waals surface area contributed by atoms with Gasteiger partial charge in [-0.15, -0.1) is 0 Å². The number of anilines is 1.